The minimum atomic E-state index is -1.23. The fourth-order valence-electron chi connectivity index (χ4n) is 2.41. The van der Waals surface area contributed by atoms with Gasteiger partial charge in [-0.15, -0.1) is 0 Å². The molecule has 0 aliphatic rings. The number of nitrogens with one attached hydrogen (secondary N) is 1. The molecule has 1 atom stereocenters. The molecule has 8 heteroatoms. The summed E-state index contributed by atoms with van der Waals surface area (Å²) in [4.78, 5) is 16.3. The number of rotatable bonds is 8. The highest BCUT2D eigenvalue weighted by Crippen LogP contribution is 2.26. The molecule has 2 aromatic rings. The second-order valence-electron chi connectivity index (χ2n) is 5.91. The smallest absolute Gasteiger partial charge is 0.333 e. The van der Waals surface area contributed by atoms with E-state index >= 15 is 0 Å². The van der Waals surface area contributed by atoms with Crippen molar-refractivity contribution in [2.24, 2.45) is 0 Å². The number of aromatic nitrogens is 1. The lowest BCUT2D eigenvalue weighted by Gasteiger charge is -2.12. The van der Waals surface area contributed by atoms with Crippen molar-refractivity contribution < 1.29 is 18.5 Å². The molecular weight excluding hydrogens is 400 g/mol. The van der Waals surface area contributed by atoms with Gasteiger partial charge in [0.25, 0.3) is 0 Å². The number of benzene rings is 1. The van der Waals surface area contributed by atoms with E-state index in [9.17, 15) is 9.00 Å². The van der Waals surface area contributed by atoms with E-state index in [1.165, 1.54) is 0 Å². The molecule has 1 heterocycles. The summed E-state index contributed by atoms with van der Waals surface area (Å²) in [6.45, 7) is 4.18. The summed E-state index contributed by atoms with van der Waals surface area (Å²) in [5.74, 6) is 0.724. The van der Waals surface area contributed by atoms with Gasteiger partial charge in [0.05, 0.1) is 29.5 Å². The van der Waals surface area contributed by atoms with E-state index in [4.69, 9.17) is 21.1 Å². The Kier molecular flexibility index (Phi) is 8.02. The van der Waals surface area contributed by atoms with E-state index in [1.807, 2.05) is 6.07 Å². The van der Waals surface area contributed by atoms with Gasteiger partial charge in [-0.1, -0.05) is 17.7 Å². The van der Waals surface area contributed by atoms with Crippen molar-refractivity contribution in [3.8, 4) is 5.75 Å². The highest BCUT2D eigenvalue weighted by molar-refractivity contribution is 7.84. The van der Waals surface area contributed by atoms with Crippen LogP contribution in [-0.4, -0.2) is 35.1 Å². The Bertz CT molecular complexity index is 915. The summed E-state index contributed by atoms with van der Waals surface area (Å²) in [7, 11) is 0.330. The maximum atomic E-state index is 11.9. The molecule has 28 heavy (non-hydrogen) atoms. The molecule has 1 unspecified atom stereocenters. The molecule has 0 aliphatic heterocycles. The van der Waals surface area contributed by atoms with Crippen LogP contribution in [0.15, 0.2) is 40.9 Å². The van der Waals surface area contributed by atoms with Crippen molar-refractivity contribution in [3.63, 3.8) is 0 Å². The first-order valence-electron chi connectivity index (χ1n) is 8.61. The highest BCUT2D eigenvalue weighted by Gasteiger charge is 2.11. The Hall–Kier alpha value is -2.38. The van der Waals surface area contributed by atoms with Gasteiger partial charge in [0.15, 0.2) is 0 Å². The van der Waals surface area contributed by atoms with E-state index in [-0.39, 0.29) is 0 Å². The van der Waals surface area contributed by atoms with Crippen LogP contribution in [0.5, 0.6) is 5.75 Å². The standard InChI is InChI=1S/C20H23ClN2O4S/c1-5-27-20(24)13(2)10-15-7-9-18(28(4)25)23-19(15)22-12-14-6-8-17(26-3)16(21)11-14/h6-11H,5,12H2,1-4H3,(H,22,23)/b13-10+. The average molecular weight is 423 g/mol. The van der Waals surface area contributed by atoms with Gasteiger partial charge in [-0.3, -0.25) is 4.21 Å². The fourth-order valence-corrected chi connectivity index (χ4v) is 3.17. The number of esters is 1. The molecule has 0 spiro atoms. The number of anilines is 1. The number of ether oxygens (including phenoxy) is 2. The van der Waals surface area contributed by atoms with Gasteiger partial charge in [0.1, 0.15) is 16.6 Å². The molecular formula is C20H23ClN2O4S. The quantitative estimate of drug-likeness (QED) is 0.510. The maximum Gasteiger partial charge on any atom is 0.333 e. The molecule has 1 aromatic carbocycles. The summed E-state index contributed by atoms with van der Waals surface area (Å²) in [5.41, 5.74) is 2.07. The number of hydrogen-bond acceptors (Lipinski definition) is 6. The van der Waals surface area contributed by atoms with Crippen molar-refractivity contribution in [1.29, 1.82) is 0 Å². The van der Waals surface area contributed by atoms with Gasteiger partial charge in [0, 0.05) is 23.9 Å². The van der Waals surface area contributed by atoms with E-state index in [1.54, 1.807) is 57.6 Å². The highest BCUT2D eigenvalue weighted by atomic mass is 35.5. The normalized spacial score (nSPS) is 12.4. The minimum absolute atomic E-state index is 0.305. The second-order valence-corrected chi connectivity index (χ2v) is 7.65. The van der Waals surface area contributed by atoms with E-state index in [0.717, 1.165) is 5.56 Å². The monoisotopic (exact) mass is 422 g/mol. The largest absolute Gasteiger partial charge is 0.495 e. The number of halogens is 1. The number of carbonyl (C=O) groups excluding carboxylic acids is 1. The van der Waals surface area contributed by atoms with Gasteiger partial charge in [0.2, 0.25) is 0 Å². The van der Waals surface area contributed by atoms with Crippen LogP contribution in [0.25, 0.3) is 6.08 Å². The molecule has 6 nitrogen and oxygen atoms in total. The Morgan fingerprint density at radius 3 is 2.68 bits per heavy atom. The molecule has 0 fully saturated rings. The zero-order chi connectivity index (χ0) is 20.7. The van der Waals surface area contributed by atoms with Crippen molar-refractivity contribution in [3.05, 3.63) is 52.1 Å². The van der Waals surface area contributed by atoms with Gasteiger partial charge >= 0.3 is 5.97 Å². The molecule has 0 saturated heterocycles. The molecule has 0 saturated carbocycles. The van der Waals surface area contributed by atoms with Crippen molar-refractivity contribution in [1.82, 2.24) is 4.98 Å². The third-order valence-corrected chi connectivity index (χ3v) is 4.95. The first kappa shape index (κ1) is 21.9. The molecule has 150 valence electrons. The number of nitrogens with zero attached hydrogens (tertiary/aromatic N) is 1. The molecule has 2 rings (SSSR count). The SMILES string of the molecule is CCOC(=O)/C(C)=C/c1ccc(S(C)=O)nc1NCc1ccc(OC)c(Cl)c1. The maximum absolute atomic E-state index is 11.9. The lowest BCUT2D eigenvalue weighted by molar-refractivity contribution is -0.138. The third kappa shape index (κ3) is 5.81. The van der Waals surface area contributed by atoms with Gasteiger partial charge in [-0.2, -0.15) is 0 Å². The zero-order valence-corrected chi connectivity index (χ0v) is 17.8. The van der Waals surface area contributed by atoms with Gasteiger partial charge in [-0.25, -0.2) is 9.78 Å². The Morgan fingerprint density at radius 2 is 2.07 bits per heavy atom. The van der Waals surface area contributed by atoms with Crippen molar-refractivity contribution in [2.45, 2.75) is 25.4 Å². The summed E-state index contributed by atoms with van der Waals surface area (Å²) in [5, 5.41) is 4.18. The third-order valence-electron chi connectivity index (χ3n) is 3.84. The topological polar surface area (TPSA) is 77.5 Å². The Labute approximate surface area is 172 Å². The lowest BCUT2D eigenvalue weighted by Crippen LogP contribution is -2.07. The Balaban J connectivity index is 2.30. The van der Waals surface area contributed by atoms with Crippen LogP contribution in [0.1, 0.15) is 25.0 Å². The van der Waals surface area contributed by atoms with Crippen LogP contribution >= 0.6 is 11.6 Å². The fraction of sp³-hybridized carbons (Fsp3) is 0.300. The average Bonchev–Trinajstić information content (AvgIpc) is 2.67. The lowest BCUT2D eigenvalue weighted by atomic mass is 10.1. The zero-order valence-electron chi connectivity index (χ0n) is 16.2. The predicted octanol–water partition coefficient (Wildman–Crippen LogP) is 4.06. The van der Waals surface area contributed by atoms with Crippen LogP contribution in [0.2, 0.25) is 5.02 Å². The number of methoxy groups -OCH3 is 1. The van der Waals surface area contributed by atoms with Crippen LogP contribution in [0.3, 0.4) is 0 Å². The molecule has 0 aliphatic carbocycles. The van der Waals surface area contributed by atoms with Gasteiger partial charge < -0.3 is 14.8 Å². The number of carbonyl (C=O) groups is 1. The molecule has 1 aromatic heterocycles. The van der Waals surface area contributed by atoms with E-state index in [0.29, 0.717) is 45.9 Å². The number of pyridine rings is 1. The first-order valence-corrected chi connectivity index (χ1v) is 10.6. The van der Waals surface area contributed by atoms with Crippen LogP contribution in [0, 0.1) is 0 Å². The van der Waals surface area contributed by atoms with Gasteiger partial charge in [-0.05, 0) is 49.8 Å². The van der Waals surface area contributed by atoms with Crippen LogP contribution in [-0.2, 0) is 26.9 Å². The van der Waals surface area contributed by atoms with E-state index in [2.05, 4.69) is 10.3 Å². The van der Waals surface area contributed by atoms with Crippen molar-refractivity contribution in [2.75, 3.05) is 25.3 Å². The summed E-state index contributed by atoms with van der Waals surface area (Å²) in [6, 6.07) is 8.93. The summed E-state index contributed by atoms with van der Waals surface area (Å²) < 4.78 is 22.0. The summed E-state index contributed by atoms with van der Waals surface area (Å²) in [6.07, 6.45) is 3.26. The predicted molar refractivity (Wildman–Crippen MR) is 112 cm³/mol. The summed E-state index contributed by atoms with van der Waals surface area (Å²) >= 11 is 6.17. The van der Waals surface area contributed by atoms with Crippen LogP contribution in [0.4, 0.5) is 5.82 Å². The van der Waals surface area contributed by atoms with Crippen LogP contribution < -0.4 is 10.1 Å². The molecule has 0 radical (unpaired) electrons. The number of hydrogen-bond donors (Lipinski definition) is 1. The minimum Gasteiger partial charge on any atom is -0.495 e. The van der Waals surface area contributed by atoms with E-state index < -0.39 is 16.8 Å². The molecule has 1 N–H and O–H groups in total. The molecule has 0 amide bonds. The Morgan fingerprint density at radius 1 is 1.32 bits per heavy atom. The first-order chi connectivity index (χ1) is 13.3. The second kappa shape index (κ2) is 10.2. The van der Waals surface area contributed by atoms with Crippen molar-refractivity contribution >= 4 is 40.3 Å². The molecule has 0 bridgehead atoms.